The maximum Gasteiger partial charge on any atom is 0.420 e. The first-order valence-corrected chi connectivity index (χ1v) is 7.16. The third-order valence-corrected chi connectivity index (χ3v) is 3.71. The largest absolute Gasteiger partial charge is 0.507 e. The second-order valence-corrected chi connectivity index (χ2v) is 5.69. The molecular formula is C15H8BrF3N2O2. The van der Waals surface area contributed by atoms with Crippen LogP contribution >= 0.6 is 15.9 Å². The summed E-state index contributed by atoms with van der Waals surface area (Å²) in [6.45, 7) is 0. The summed E-state index contributed by atoms with van der Waals surface area (Å²) in [5, 5.41) is 10.3. The van der Waals surface area contributed by atoms with Gasteiger partial charge in [-0.2, -0.15) is 13.2 Å². The molecule has 23 heavy (non-hydrogen) atoms. The number of aromatic amines is 1. The van der Waals surface area contributed by atoms with Crippen LogP contribution in [0.2, 0.25) is 0 Å². The Morgan fingerprint density at radius 1 is 1.17 bits per heavy atom. The Bertz CT molecular complexity index is 967. The number of hydrogen-bond donors (Lipinski definition) is 2. The molecule has 0 aliphatic rings. The van der Waals surface area contributed by atoms with Crippen molar-refractivity contribution >= 4 is 26.8 Å². The summed E-state index contributed by atoms with van der Waals surface area (Å²) in [4.78, 5) is 18.6. The van der Waals surface area contributed by atoms with E-state index in [0.29, 0.717) is 10.9 Å². The van der Waals surface area contributed by atoms with Crippen molar-refractivity contribution in [3.8, 4) is 17.1 Å². The average Bonchev–Trinajstić information content (AvgIpc) is 2.48. The van der Waals surface area contributed by atoms with Crippen LogP contribution in [0.15, 0.2) is 45.7 Å². The number of nitrogens with zero attached hydrogens (tertiary/aromatic N) is 1. The molecule has 0 saturated heterocycles. The zero-order valence-electron chi connectivity index (χ0n) is 11.3. The molecular weight excluding hydrogens is 377 g/mol. The van der Waals surface area contributed by atoms with Crippen molar-refractivity contribution in [2.24, 2.45) is 0 Å². The van der Waals surface area contributed by atoms with Gasteiger partial charge in [0.2, 0.25) is 0 Å². The summed E-state index contributed by atoms with van der Waals surface area (Å²) in [5.74, 6) is -1.13. The minimum absolute atomic E-state index is 0.105. The van der Waals surface area contributed by atoms with Crippen molar-refractivity contribution in [2.75, 3.05) is 0 Å². The van der Waals surface area contributed by atoms with Gasteiger partial charge in [0.05, 0.1) is 22.0 Å². The molecule has 2 aromatic carbocycles. The van der Waals surface area contributed by atoms with Crippen LogP contribution in [0, 0.1) is 0 Å². The Balaban J connectivity index is 2.31. The molecule has 0 fully saturated rings. The van der Waals surface area contributed by atoms with Gasteiger partial charge in [0.25, 0.3) is 5.56 Å². The lowest BCUT2D eigenvalue weighted by Gasteiger charge is -2.13. The second kappa shape index (κ2) is 5.38. The van der Waals surface area contributed by atoms with Crippen molar-refractivity contribution in [3.63, 3.8) is 0 Å². The van der Waals surface area contributed by atoms with Crippen molar-refractivity contribution in [2.45, 2.75) is 6.18 Å². The number of H-pyrrole nitrogens is 1. The number of halogens is 4. The van der Waals surface area contributed by atoms with Crippen LogP contribution in [-0.2, 0) is 6.18 Å². The zero-order valence-corrected chi connectivity index (χ0v) is 12.9. The first-order chi connectivity index (χ1) is 10.8. The molecule has 4 nitrogen and oxygen atoms in total. The van der Waals surface area contributed by atoms with Crippen molar-refractivity contribution in [3.05, 3.63) is 56.8 Å². The fraction of sp³-hybridized carbons (Fsp3) is 0.0667. The minimum atomic E-state index is -4.74. The van der Waals surface area contributed by atoms with Gasteiger partial charge in [-0.25, -0.2) is 4.98 Å². The van der Waals surface area contributed by atoms with E-state index in [1.54, 1.807) is 24.3 Å². The van der Waals surface area contributed by atoms with E-state index in [0.717, 1.165) is 6.07 Å². The number of aromatic nitrogens is 2. The molecule has 118 valence electrons. The maximum atomic E-state index is 13.0. The Labute approximate surface area is 135 Å². The maximum absolute atomic E-state index is 13.0. The fourth-order valence-electron chi connectivity index (χ4n) is 2.21. The summed E-state index contributed by atoms with van der Waals surface area (Å²) in [6, 6.07) is 8.44. The van der Waals surface area contributed by atoms with Crippen LogP contribution in [-0.4, -0.2) is 15.1 Å². The molecule has 0 aliphatic heterocycles. The number of hydrogen-bond acceptors (Lipinski definition) is 3. The zero-order chi connectivity index (χ0) is 16.8. The predicted molar refractivity (Wildman–Crippen MR) is 82.2 cm³/mol. The number of alkyl halides is 3. The summed E-state index contributed by atoms with van der Waals surface area (Å²) >= 11 is 2.97. The van der Waals surface area contributed by atoms with E-state index in [2.05, 4.69) is 25.9 Å². The second-order valence-electron chi connectivity index (χ2n) is 4.78. The van der Waals surface area contributed by atoms with Gasteiger partial charge in [0, 0.05) is 4.47 Å². The van der Waals surface area contributed by atoms with E-state index in [4.69, 9.17) is 0 Å². The third kappa shape index (κ3) is 2.81. The van der Waals surface area contributed by atoms with Gasteiger partial charge in [-0.05, 0) is 24.3 Å². The van der Waals surface area contributed by atoms with E-state index in [-0.39, 0.29) is 15.9 Å². The number of rotatable bonds is 1. The van der Waals surface area contributed by atoms with Crippen molar-refractivity contribution < 1.29 is 18.3 Å². The number of fused-ring (bicyclic) bond motifs is 1. The minimum Gasteiger partial charge on any atom is -0.507 e. The summed E-state index contributed by atoms with van der Waals surface area (Å²) in [7, 11) is 0. The molecule has 0 amide bonds. The topological polar surface area (TPSA) is 66.0 Å². The summed E-state index contributed by atoms with van der Waals surface area (Å²) in [6.07, 6.45) is -4.74. The monoisotopic (exact) mass is 384 g/mol. The van der Waals surface area contributed by atoms with Crippen molar-refractivity contribution in [1.29, 1.82) is 0 Å². The molecule has 8 heteroatoms. The smallest absolute Gasteiger partial charge is 0.420 e. The molecule has 0 aliphatic carbocycles. The first kappa shape index (κ1) is 15.5. The molecule has 3 aromatic rings. The van der Waals surface area contributed by atoms with Gasteiger partial charge < -0.3 is 10.1 Å². The molecule has 3 rings (SSSR count). The highest BCUT2D eigenvalue weighted by Crippen LogP contribution is 2.42. The molecule has 0 atom stereocenters. The standard InChI is InChI=1S/C15H8BrF3N2O2/c16-7-5-9(12(22)10(6-7)15(17,18)19)13-20-11-4-2-1-3-8(11)14(23)21-13/h1-6,22H,(H,20,21,23). The lowest BCUT2D eigenvalue weighted by atomic mass is 10.1. The van der Waals surface area contributed by atoms with Gasteiger partial charge in [-0.3, -0.25) is 4.79 Å². The molecule has 0 radical (unpaired) electrons. The van der Waals surface area contributed by atoms with Crippen LogP contribution in [0.4, 0.5) is 13.2 Å². The Kier molecular flexibility index (Phi) is 3.63. The van der Waals surface area contributed by atoms with Crippen molar-refractivity contribution in [1.82, 2.24) is 9.97 Å². The predicted octanol–water partition coefficient (Wildman–Crippen LogP) is 4.08. The lowest BCUT2D eigenvalue weighted by molar-refractivity contribution is -0.138. The van der Waals surface area contributed by atoms with Gasteiger partial charge >= 0.3 is 6.18 Å². The molecule has 1 heterocycles. The van der Waals surface area contributed by atoms with E-state index >= 15 is 0 Å². The number of para-hydroxylation sites is 1. The van der Waals surface area contributed by atoms with Crippen LogP contribution in [0.25, 0.3) is 22.3 Å². The summed E-state index contributed by atoms with van der Waals surface area (Å²) < 4.78 is 39.1. The molecule has 1 aromatic heterocycles. The SMILES string of the molecule is O=c1[nH]c(-c2cc(Br)cc(C(F)(F)F)c2O)nc2ccccc12. The van der Waals surface area contributed by atoms with Gasteiger partial charge in [0.15, 0.2) is 0 Å². The average molecular weight is 385 g/mol. The van der Waals surface area contributed by atoms with Gasteiger partial charge in [-0.1, -0.05) is 28.1 Å². The first-order valence-electron chi connectivity index (χ1n) is 6.36. The van der Waals surface area contributed by atoms with E-state index in [9.17, 15) is 23.1 Å². The highest BCUT2D eigenvalue weighted by atomic mass is 79.9. The normalized spacial score (nSPS) is 11.8. The highest BCUT2D eigenvalue weighted by Gasteiger charge is 2.35. The number of phenols is 1. The fourth-order valence-corrected chi connectivity index (χ4v) is 2.67. The van der Waals surface area contributed by atoms with E-state index < -0.39 is 23.0 Å². The number of phenolic OH excluding ortho intramolecular Hbond substituents is 1. The van der Waals surface area contributed by atoms with E-state index in [1.807, 2.05) is 0 Å². The Hall–Kier alpha value is -2.35. The quantitative estimate of drug-likeness (QED) is 0.664. The van der Waals surface area contributed by atoms with Crippen LogP contribution in [0.1, 0.15) is 5.56 Å². The molecule has 0 bridgehead atoms. The molecule has 0 spiro atoms. The summed E-state index contributed by atoms with van der Waals surface area (Å²) in [5.41, 5.74) is -1.61. The molecule has 2 N–H and O–H groups in total. The van der Waals surface area contributed by atoms with E-state index in [1.165, 1.54) is 6.07 Å². The number of nitrogens with one attached hydrogen (secondary N) is 1. The van der Waals surface area contributed by atoms with Crippen LogP contribution in [0.3, 0.4) is 0 Å². The Morgan fingerprint density at radius 3 is 2.57 bits per heavy atom. The molecule has 0 saturated carbocycles. The van der Waals surface area contributed by atoms with Gasteiger partial charge in [0.1, 0.15) is 11.6 Å². The van der Waals surface area contributed by atoms with Gasteiger partial charge in [-0.15, -0.1) is 0 Å². The van der Waals surface area contributed by atoms with Crippen LogP contribution in [0.5, 0.6) is 5.75 Å². The highest BCUT2D eigenvalue weighted by molar-refractivity contribution is 9.10. The number of benzene rings is 2. The lowest BCUT2D eigenvalue weighted by Crippen LogP contribution is -2.11. The molecule has 0 unspecified atom stereocenters. The number of aromatic hydroxyl groups is 1. The third-order valence-electron chi connectivity index (χ3n) is 3.25. The Morgan fingerprint density at radius 2 is 1.87 bits per heavy atom. The van der Waals surface area contributed by atoms with Crippen LogP contribution < -0.4 is 5.56 Å².